The Morgan fingerprint density at radius 3 is 2.43 bits per heavy atom. The van der Waals surface area contributed by atoms with Gasteiger partial charge in [-0.05, 0) is 30.3 Å². The summed E-state index contributed by atoms with van der Waals surface area (Å²) in [7, 11) is 0. The van der Waals surface area contributed by atoms with Gasteiger partial charge in [0.2, 0.25) is 0 Å². The second-order valence-corrected chi connectivity index (χ2v) is 4.99. The van der Waals surface area contributed by atoms with E-state index in [1.807, 2.05) is 6.07 Å². The van der Waals surface area contributed by atoms with E-state index in [4.69, 9.17) is 16.9 Å². The van der Waals surface area contributed by atoms with Gasteiger partial charge in [0, 0.05) is 5.56 Å². The highest BCUT2D eigenvalue weighted by molar-refractivity contribution is 6.31. The summed E-state index contributed by atoms with van der Waals surface area (Å²) in [6.07, 6.45) is 2.30. The van der Waals surface area contributed by atoms with Gasteiger partial charge in [-0.2, -0.15) is 5.26 Å². The lowest BCUT2D eigenvalue weighted by Crippen LogP contribution is -1.95. The van der Waals surface area contributed by atoms with Crippen LogP contribution in [-0.4, -0.2) is 15.0 Å². The SMILES string of the molecule is N#Cc1cc(Cl)c(F)c(-c2cc(-c3ccc(F)cn3)ncn2)c1. The number of benzene rings is 1. The maximum atomic E-state index is 14.2. The molecular weight excluding hydrogens is 322 g/mol. The number of pyridine rings is 1. The molecule has 0 unspecified atom stereocenters. The van der Waals surface area contributed by atoms with Crippen LogP contribution < -0.4 is 0 Å². The third-order valence-corrected chi connectivity index (χ3v) is 3.37. The number of hydrogen-bond acceptors (Lipinski definition) is 4. The van der Waals surface area contributed by atoms with E-state index in [2.05, 4.69) is 15.0 Å². The first-order valence-corrected chi connectivity index (χ1v) is 6.80. The van der Waals surface area contributed by atoms with Crippen LogP contribution >= 0.6 is 11.6 Å². The van der Waals surface area contributed by atoms with Gasteiger partial charge in [-0.1, -0.05) is 11.6 Å². The van der Waals surface area contributed by atoms with Crippen LogP contribution in [0.2, 0.25) is 5.02 Å². The molecule has 23 heavy (non-hydrogen) atoms. The second-order valence-electron chi connectivity index (χ2n) is 4.58. The number of halogens is 3. The average molecular weight is 329 g/mol. The molecule has 0 aliphatic carbocycles. The van der Waals surface area contributed by atoms with Gasteiger partial charge < -0.3 is 0 Å². The lowest BCUT2D eigenvalue weighted by atomic mass is 10.1. The van der Waals surface area contributed by atoms with Crippen LogP contribution in [0.15, 0.2) is 42.9 Å². The highest BCUT2D eigenvalue weighted by Gasteiger charge is 2.14. The van der Waals surface area contributed by atoms with E-state index in [9.17, 15) is 8.78 Å². The van der Waals surface area contributed by atoms with Crippen molar-refractivity contribution >= 4 is 11.6 Å². The predicted octanol–water partition coefficient (Wildman–Crippen LogP) is 4.01. The monoisotopic (exact) mass is 328 g/mol. The normalized spacial score (nSPS) is 10.3. The highest BCUT2D eigenvalue weighted by atomic mass is 35.5. The van der Waals surface area contributed by atoms with Crippen molar-refractivity contribution < 1.29 is 8.78 Å². The molecule has 0 amide bonds. The molecule has 0 spiro atoms. The van der Waals surface area contributed by atoms with Crippen LogP contribution in [0.3, 0.4) is 0 Å². The van der Waals surface area contributed by atoms with E-state index < -0.39 is 11.6 Å². The summed E-state index contributed by atoms with van der Waals surface area (Å²) in [6, 6.07) is 8.70. The maximum Gasteiger partial charge on any atom is 0.151 e. The van der Waals surface area contributed by atoms with Gasteiger partial charge in [-0.3, -0.25) is 4.98 Å². The van der Waals surface area contributed by atoms with Crippen LogP contribution in [0.1, 0.15) is 5.56 Å². The summed E-state index contributed by atoms with van der Waals surface area (Å²) < 4.78 is 27.2. The van der Waals surface area contributed by atoms with Crippen molar-refractivity contribution in [2.24, 2.45) is 0 Å². The molecule has 0 atom stereocenters. The Labute approximate surface area is 135 Å². The predicted molar refractivity (Wildman–Crippen MR) is 80.3 cm³/mol. The molecule has 0 fully saturated rings. The van der Waals surface area contributed by atoms with E-state index in [1.54, 1.807) is 0 Å². The van der Waals surface area contributed by atoms with Crippen LogP contribution in [0, 0.1) is 23.0 Å². The number of aromatic nitrogens is 3. The topological polar surface area (TPSA) is 62.5 Å². The molecule has 0 saturated carbocycles. The first kappa shape index (κ1) is 15.0. The van der Waals surface area contributed by atoms with Crippen molar-refractivity contribution in [3.8, 4) is 28.7 Å². The van der Waals surface area contributed by atoms with Gasteiger partial charge in [0.25, 0.3) is 0 Å². The van der Waals surface area contributed by atoms with Gasteiger partial charge in [-0.15, -0.1) is 0 Å². The van der Waals surface area contributed by atoms with Crippen molar-refractivity contribution in [3.63, 3.8) is 0 Å². The first-order chi connectivity index (χ1) is 11.1. The standard InChI is InChI=1S/C16H7ClF2N4/c17-12-4-9(6-20)3-11(16(12)19)14-5-15(23-8-22-14)13-2-1-10(18)7-21-13/h1-5,7-8H. The number of hydrogen-bond donors (Lipinski definition) is 0. The molecule has 0 radical (unpaired) electrons. The minimum Gasteiger partial charge on any atom is -0.252 e. The largest absolute Gasteiger partial charge is 0.252 e. The van der Waals surface area contributed by atoms with E-state index in [0.29, 0.717) is 11.4 Å². The van der Waals surface area contributed by atoms with Crippen molar-refractivity contribution in [1.29, 1.82) is 5.26 Å². The molecule has 2 heterocycles. The number of rotatable bonds is 2. The fourth-order valence-electron chi connectivity index (χ4n) is 2.01. The Morgan fingerprint density at radius 2 is 1.74 bits per heavy atom. The Morgan fingerprint density at radius 1 is 0.957 bits per heavy atom. The van der Waals surface area contributed by atoms with Crippen LogP contribution in [0.25, 0.3) is 22.6 Å². The van der Waals surface area contributed by atoms with Gasteiger partial charge in [0.05, 0.1) is 39.9 Å². The van der Waals surface area contributed by atoms with E-state index in [0.717, 1.165) is 6.20 Å². The summed E-state index contributed by atoms with van der Waals surface area (Å²) in [5.41, 5.74) is 1.36. The molecule has 2 aromatic heterocycles. The molecule has 112 valence electrons. The Bertz CT molecular complexity index is 920. The molecule has 0 saturated heterocycles. The Hall–Kier alpha value is -2.91. The van der Waals surface area contributed by atoms with Crippen LogP contribution in [-0.2, 0) is 0 Å². The molecule has 0 aliphatic rings. The lowest BCUT2D eigenvalue weighted by molar-refractivity contribution is 0.622. The van der Waals surface area contributed by atoms with Crippen molar-refractivity contribution in [3.05, 3.63) is 65.1 Å². The molecule has 1 aromatic carbocycles. The Kier molecular flexibility index (Phi) is 3.96. The van der Waals surface area contributed by atoms with Crippen LogP contribution in [0.5, 0.6) is 0 Å². The first-order valence-electron chi connectivity index (χ1n) is 6.42. The number of nitrogens with zero attached hydrogens (tertiary/aromatic N) is 4. The Balaban J connectivity index is 2.12. The zero-order valence-corrected chi connectivity index (χ0v) is 12.2. The molecule has 7 heteroatoms. The summed E-state index contributed by atoms with van der Waals surface area (Å²) in [5.74, 6) is -1.15. The average Bonchev–Trinajstić information content (AvgIpc) is 2.58. The van der Waals surface area contributed by atoms with Crippen LogP contribution in [0.4, 0.5) is 8.78 Å². The molecule has 0 bridgehead atoms. The van der Waals surface area contributed by atoms with Gasteiger partial charge in [0.15, 0.2) is 5.82 Å². The molecule has 0 aliphatic heterocycles. The van der Waals surface area contributed by atoms with Gasteiger partial charge >= 0.3 is 0 Å². The molecule has 3 aromatic rings. The third-order valence-electron chi connectivity index (χ3n) is 3.09. The van der Waals surface area contributed by atoms with Gasteiger partial charge in [-0.25, -0.2) is 18.7 Å². The quantitative estimate of drug-likeness (QED) is 0.713. The van der Waals surface area contributed by atoms with E-state index >= 15 is 0 Å². The zero-order valence-electron chi connectivity index (χ0n) is 11.5. The van der Waals surface area contributed by atoms with Crippen molar-refractivity contribution in [2.45, 2.75) is 0 Å². The highest BCUT2D eigenvalue weighted by Crippen LogP contribution is 2.29. The van der Waals surface area contributed by atoms with E-state index in [-0.39, 0.29) is 21.8 Å². The van der Waals surface area contributed by atoms with E-state index in [1.165, 1.54) is 36.7 Å². The smallest absolute Gasteiger partial charge is 0.151 e. The summed E-state index contributed by atoms with van der Waals surface area (Å²) in [6.45, 7) is 0. The fourth-order valence-corrected chi connectivity index (χ4v) is 2.23. The second kappa shape index (κ2) is 6.07. The fraction of sp³-hybridized carbons (Fsp3) is 0. The third kappa shape index (κ3) is 3.00. The molecule has 3 rings (SSSR count). The maximum absolute atomic E-state index is 14.2. The lowest BCUT2D eigenvalue weighted by Gasteiger charge is -2.07. The minimum absolute atomic E-state index is 0.0832. The molecule has 4 nitrogen and oxygen atoms in total. The summed E-state index contributed by atoms with van der Waals surface area (Å²) in [4.78, 5) is 12.0. The number of nitriles is 1. The van der Waals surface area contributed by atoms with Gasteiger partial charge in [0.1, 0.15) is 12.1 Å². The molecular formula is C16H7ClF2N4. The minimum atomic E-state index is -0.678. The summed E-state index contributed by atoms with van der Waals surface area (Å²) in [5, 5.41) is 8.81. The zero-order chi connectivity index (χ0) is 16.4. The van der Waals surface area contributed by atoms with Crippen molar-refractivity contribution in [1.82, 2.24) is 15.0 Å². The summed E-state index contributed by atoms with van der Waals surface area (Å²) >= 11 is 5.80. The van der Waals surface area contributed by atoms with Crippen molar-refractivity contribution in [2.75, 3.05) is 0 Å². The molecule has 0 N–H and O–H groups in total.